The first-order chi connectivity index (χ1) is 8.16. The highest BCUT2D eigenvalue weighted by atomic mass is 16.5. The quantitative estimate of drug-likeness (QED) is 0.394. The maximum atomic E-state index is 11.8. The minimum Gasteiger partial charge on any atom is -0.468 e. The maximum Gasteiger partial charge on any atom is 0.317 e. The Hall–Kier alpha value is -1.94. The molecule has 0 aromatic carbocycles. The van der Waals surface area contributed by atoms with Gasteiger partial charge in [0.1, 0.15) is 12.0 Å². The molecule has 0 aliphatic rings. The van der Waals surface area contributed by atoms with Crippen molar-refractivity contribution >= 4 is 12.4 Å². The molecule has 0 spiro atoms. The molecule has 4 heteroatoms. The van der Waals surface area contributed by atoms with Gasteiger partial charge < -0.3 is 9.47 Å². The van der Waals surface area contributed by atoms with Crippen LogP contribution in [0.1, 0.15) is 26.7 Å². The Bertz CT molecular complexity index is 354. The van der Waals surface area contributed by atoms with Crippen LogP contribution >= 0.6 is 0 Å². The van der Waals surface area contributed by atoms with Gasteiger partial charge in [0, 0.05) is 12.8 Å². The van der Waals surface area contributed by atoms with Crippen LogP contribution in [0.15, 0.2) is 0 Å². The maximum absolute atomic E-state index is 11.8. The molecule has 0 unspecified atom stereocenters. The Morgan fingerprint density at radius 2 is 1.76 bits per heavy atom. The summed E-state index contributed by atoms with van der Waals surface area (Å²) in [4.78, 5) is 22.1. The van der Waals surface area contributed by atoms with Gasteiger partial charge in [0.25, 0.3) is 6.47 Å². The van der Waals surface area contributed by atoms with Gasteiger partial charge in [0.2, 0.25) is 0 Å². The molecule has 0 N–H and O–H groups in total. The normalized spacial score (nSPS) is 9.12. The molecule has 0 fully saturated rings. The largest absolute Gasteiger partial charge is 0.468 e. The number of carbonyl (C=O) groups is 2. The molecule has 0 amide bonds. The summed E-state index contributed by atoms with van der Waals surface area (Å²) in [5.41, 5.74) is -0.998. The lowest BCUT2D eigenvalue weighted by atomic mass is 9.82. The van der Waals surface area contributed by atoms with Crippen molar-refractivity contribution in [2.24, 2.45) is 5.41 Å². The lowest BCUT2D eigenvalue weighted by Crippen LogP contribution is -2.36. The fraction of sp³-hybridized carbons (Fsp3) is 0.538. The molecule has 0 atom stereocenters. The van der Waals surface area contributed by atoms with E-state index in [1.165, 1.54) is 7.11 Å². The standard InChI is InChI=1S/C13H16O4/c1-4-6-8-13(9-7-5-2,10-17-11-14)12(15)16-3/h11H,8-10H2,1-3H3. The fourth-order valence-electron chi connectivity index (χ4n) is 1.29. The summed E-state index contributed by atoms with van der Waals surface area (Å²) in [6.07, 6.45) is 0.497. The van der Waals surface area contributed by atoms with E-state index in [-0.39, 0.29) is 19.4 Å². The van der Waals surface area contributed by atoms with Gasteiger partial charge in [-0.05, 0) is 13.8 Å². The van der Waals surface area contributed by atoms with Crippen molar-refractivity contribution in [2.75, 3.05) is 13.7 Å². The highest BCUT2D eigenvalue weighted by Gasteiger charge is 2.39. The minimum absolute atomic E-state index is 0.0769. The Morgan fingerprint density at radius 3 is 2.12 bits per heavy atom. The summed E-state index contributed by atoms with van der Waals surface area (Å²) in [7, 11) is 1.29. The highest BCUT2D eigenvalue weighted by Crippen LogP contribution is 2.28. The summed E-state index contributed by atoms with van der Waals surface area (Å²) in [6.45, 7) is 3.57. The number of hydrogen-bond acceptors (Lipinski definition) is 4. The van der Waals surface area contributed by atoms with E-state index in [1.54, 1.807) is 13.8 Å². The average molecular weight is 236 g/mol. The van der Waals surface area contributed by atoms with Gasteiger partial charge in [-0.25, -0.2) is 0 Å². The summed E-state index contributed by atoms with van der Waals surface area (Å²) in [6, 6.07) is 0. The number of ether oxygens (including phenoxy) is 2. The first kappa shape index (κ1) is 15.1. The lowest BCUT2D eigenvalue weighted by Gasteiger charge is -2.25. The van der Waals surface area contributed by atoms with Gasteiger partial charge in [-0.3, -0.25) is 9.59 Å². The zero-order valence-corrected chi connectivity index (χ0v) is 10.3. The topological polar surface area (TPSA) is 52.6 Å². The summed E-state index contributed by atoms with van der Waals surface area (Å²) >= 11 is 0. The third-order valence-electron chi connectivity index (χ3n) is 2.25. The molecule has 0 aromatic rings. The van der Waals surface area contributed by atoms with Gasteiger partial charge >= 0.3 is 5.97 Å². The van der Waals surface area contributed by atoms with E-state index in [0.29, 0.717) is 6.47 Å². The Labute approximate surface area is 102 Å². The van der Waals surface area contributed by atoms with E-state index in [0.717, 1.165) is 0 Å². The second-order valence-electron chi connectivity index (χ2n) is 3.39. The zero-order chi connectivity index (χ0) is 13.1. The molecule has 17 heavy (non-hydrogen) atoms. The molecule has 0 aliphatic carbocycles. The van der Waals surface area contributed by atoms with Crippen LogP contribution in [0.3, 0.4) is 0 Å². The number of rotatable bonds is 6. The molecular formula is C13H16O4. The summed E-state index contributed by atoms with van der Waals surface area (Å²) in [5, 5.41) is 0. The van der Waals surface area contributed by atoms with Gasteiger partial charge in [0.05, 0.1) is 7.11 Å². The van der Waals surface area contributed by atoms with Gasteiger partial charge in [-0.2, -0.15) is 0 Å². The molecule has 0 bridgehead atoms. The van der Waals surface area contributed by atoms with Crippen LogP contribution in [0.4, 0.5) is 0 Å². The predicted octanol–water partition coefficient (Wildman–Crippen LogP) is 1.15. The molecule has 0 aromatic heterocycles. The number of methoxy groups -OCH3 is 1. The molecule has 0 aliphatic heterocycles. The molecular weight excluding hydrogens is 220 g/mol. The smallest absolute Gasteiger partial charge is 0.317 e. The van der Waals surface area contributed by atoms with Crippen molar-refractivity contribution in [2.45, 2.75) is 26.7 Å². The SMILES string of the molecule is CC#CCC(CC#CC)(COC=O)C(=O)OC. The number of hydrogen-bond donors (Lipinski definition) is 0. The van der Waals surface area contributed by atoms with Crippen molar-refractivity contribution in [3.05, 3.63) is 0 Å². The van der Waals surface area contributed by atoms with Gasteiger partial charge in [0.15, 0.2) is 0 Å². The third kappa shape index (κ3) is 4.61. The van der Waals surface area contributed by atoms with Gasteiger partial charge in [-0.1, -0.05) is 0 Å². The van der Waals surface area contributed by atoms with E-state index < -0.39 is 11.4 Å². The highest BCUT2D eigenvalue weighted by molar-refractivity contribution is 5.78. The van der Waals surface area contributed by atoms with Crippen LogP contribution < -0.4 is 0 Å². The van der Waals surface area contributed by atoms with Crippen LogP contribution in [0, 0.1) is 29.1 Å². The van der Waals surface area contributed by atoms with Crippen molar-refractivity contribution in [1.29, 1.82) is 0 Å². The molecule has 0 saturated heterocycles. The molecule has 92 valence electrons. The van der Waals surface area contributed by atoms with Crippen molar-refractivity contribution in [3.8, 4) is 23.7 Å². The van der Waals surface area contributed by atoms with Crippen LogP contribution in [0.5, 0.6) is 0 Å². The summed E-state index contributed by atoms with van der Waals surface area (Å²) < 4.78 is 9.44. The number of esters is 1. The minimum atomic E-state index is -0.998. The Morgan fingerprint density at radius 1 is 1.24 bits per heavy atom. The Balaban J connectivity index is 5.11. The second kappa shape index (κ2) is 8.24. The van der Waals surface area contributed by atoms with Gasteiger partial charge in [-0.15, -0.1) is 23.7 Å². The van der Waals surface area contributed by atoms with Crippen molar-refractivity contribution < 1.29 is 19.1 Å². The monoisotopic (exact) mass is 236 g/mol. The molecule has 0 heterocycles. The first-order valence-electron chi connectivity index (χ1n) is 5.09. The summed E-state index contributed by atoms with van der Waals surface area (Å²) in [5.74, 6) is 10.6. The van der Waals surface area contributed by atoms with E-state index >= 15 is 0 Å². The van der Waals surface area contributed by atoms with Crippen molar-refractivity contribution in [3.63, 3.8) is 0 Å². The van der Waals surface area contributed by atoms with E-state index in [9.17, 15) is 9.59 Å². The van der Waals surface area contributed by atoms with E-state index in [1.807, 2.05) is 0 Å². The van der Waals surface area contributed by atoms with Crippen LogP contribution in [-0.4, -0.2) is 26.2 Å². The fourth-order valence-corrected chi connectivity index (χ4v) is 1.29. The average Bonchev–Trinajstić information content (AvgIpc) is 2.37. The zero-order valence-electron chi connectivity index (χ0n) is 10.3. The van der Waals surface area contributed by atoms with Crippen LogP contribution in [-0.2, 0) is 19.1 Å². The van der Waals surface area contributed by atoms with Crippen LogP contribution in [0.2, 0.25) is 0 Å². The third-order valence-corrected chi connectivity index (χ3v) is 2.25. The molecule has 4 nitrogen and oxygen atoms in total. The number of carbonyl (C=O) groups excluding carboxylic acids is 2. The first-order valence-corrected chi connectivity index (χ1v) is 5.09. The second-order valence-corrected chi connectivity index (χ2v) is 3.39. The Kier molecular flexibility index (Phi) is 7.30. The van der Waals surface area contributed by atoms with E-state index in [2.05, 4.69) is 23.7 Å². The van der Waals surface area contributed by atoms with Crippen molar-refractivity contribution in [1.82, 2.24) is 0 Å². The van der Waals surface area contributed by atoms with E-state index in [4.69, 9.17) is 9.47 Å². The molecule has 0 saturated carbocycles. The lowest BCUT2D eigenvalue weighted by molar-refractivity contribution is -0.157. The predicted molar refractivity (Wildman–Crippen MR) is 62.6 cm³/mol. The molecule has 0 radical (unpaired) electrons. The molecule has 0 rings (SSSR count). The van der Waals surface area contributed by atoms with Crippen LogP contribution in [0.25, 0.3) is 0 Å².